The van der Waals surface area contributed by atoms with Gasteiger partial charge in [-0.05, 0) is 24.6 Å². The van der Waals surface area contributed by atoms with Crippen molar-refractivity contribution >= 4 is 11.9 Å². The first-order valence-electron chi connectivity index (χ1n) is 5.43. The average Bonchev–Trinajstić information content (AvgIpc) is 2.28. The van der Waals surface area contributed by atoms with Crippen LogP contribution in [-0.4, -0.2) is 23.0 Å². The Bertz CT molecular complexity index is 433. The molecule has 1 aromatic carbocycles. The minimum atomic E-state index is -1.13. The summed E-state index contributed by atoms with van der Waals surface area (Å²) in [7, 11) is 0. The van der Waals surface area contributed by atoms with Gasteiger partial charge in [0.1, 0.15) is 5.82 Å². The van der Waals surface area contributed by atoms with Crippen molar-refractivity contribution in [1.82, 2.24) is 5.32 Å². The Kier molecular flexibility index (Phi) is 4.79. The Morgan fingerprint density at radius 3 is 2.44 bits per heavy atom. The Morgan fingerprint density at radius 2 is 1.94 bits per heavy atom. The molecule has 98 valence electrons. The van der Waals surface area contributed by atoms with E-state index in [-0.39, 0.29) is 11.9 Å². The molecule has 0 saturated carbocycles. The monoisotopic (exact) mass is 254 g/mol. The van der Waals surface area contributed by atoms with E-state index in [2.05, 4.69) is 5.32 Å². The fourth-order valence-electron chi connectivity index (χ4n) is 1.44. The third-order valence-electron chi connectivity index (χ3n) is 2.46. The molecule has 4 N–H and O–H groups in total. The minimum Gasteiger partial charge on any atom is -0.481 e. The lowest BCUT2D eigenvalue weighted by Crippen LogP contribution is -2.42. The second-order valence-electron chi connectivity index (χ2n) is 3.99. The largest absolute Gasteiger partial charge is 0.481 e. The number of benzene rings is 1. The van der Waals surface area contributed by atoms with E-state index in [0.29, 0.717) is 5.56 Å². The van der Waals surface area contributed by atoms with Gasteiger partial charge in [-0.1, -0.05) is 12.1 Å². The van der Waals surface area contributed by atoms with E-state index < -0.39 is 24.3 Å². The molecular weight excluding hydrogens is 239 g/mol. The molecule has 0 aliphatic carbocycles. The van der Waals surface area contributed by atoms with Gasteiger partial charge in [-0.2, -0.15) is 0 Å². The van der Waals surface area contributed by atoms with E-state index in [4.69, 9.17) is 10.8 Å². The summed E-state index contributed by atoms with van der Waals surface area (Å²) in [6, 6.07) is 4.21. The van der Waals surface area contributed by atoms with Crippen molar-refractivity contribution in [2.24, 2.45) is 5.73 Å². The summed E-state index contributed by atoms with van der Waals surface area (Å²) in [5.41, 5.74) is 6.13. The van der Waals surface area contributed by atoms with Crippen molar-refractivity contribution in [2.45, 2.75) is 25.4 Å². The van der Waals surface area contributed by atoms with Gasteiger partial charge >= 0.3 is 5.97 Å². The third-order valence-corrected chi connectivity index (χ3v) is 2.46. The van der Waals surface area contributed by atoms with Gasteiger partial charge in [0.15, 0.2) is 0 Å². The molecule has 0 aromatic heterocycles. The number of hydrogen-bond donors (Lipinski definition) is 3. The van der Waals surface area contributed by atoms with E-state index in [9.17, 15) is 14.0 Å². The molecule has 1 rings (SSSR count). The van der Waals surface area contributed by atoms with Crippen LogP contribution < -0.4 is 11.1 Å². The topological polar surface area (TPSA) is 92.4 Å². The van der Waals surface area contributed by atoms with Gasteiger partial charge in [-0.15, -0.1) is 0 Å². The predicted octanol–water partition coefficient (Wildman–Crippen LogP) is 0.805. The van der Waals surface area contributed by atoms with Crippen molar-refractivity contribution < 1.29 is 19.1 Å². The van der Waals surface area contributed by atoms with Crippen LogP contribution in [-0.2, 0) is 9.59 Å². The number of amides is 1. The van der Waals surface area contributed by atoms with Crippen LogP contribution in [0.1, 0.15) is 24.9 Å². The normalized spacial score (nSPS) is 13.7. The lowest BCUT2D eigenvalue weighted by atomic mass is 10.1. The number of carboxylic acid groups (broad SMARTS) is 1. The van der Waals surface area contributed by atoms with Gasteiger partial charge in [0.2, 0.25) is 5.91 Å². The van der Waals surface area contributed by atoms with Crippen LogP contribution in [0.25, 0.3) is 0 Å². The number of aliphatic carboxylic acids is 1. The zero-order valence-corrected chi connectivity index (χ0v) is 9.89. The van der Waals surface area contributed by atoms with E-state index in [1.54, 1.807) is 19.1 Å². The fourth-order valence-corrected chi connectivity index (χ4v) is 1.44. The molecule has 0 spiro atoms. The highest BCUT2D eigenvalue weighted by Crippen LogP contribution is 2.12. The summed E-state index contributed by atoms with van der Waals surface area (Å²) in [6.07, 6.45) is -0.429. The molecule has 18 heavy (non-hydrogen) atoms. The molecule has 0 fully saturated rings. The molecule has 1 amide bonds. The maximum atomic E-state index is 12.7. The first kappa shape index (κ1) is 14.1. The number of nitrogens with two attached hydrogens (primary N) is 1. The molecule has 0 heterocycles. The second kappa shape index (κ2) is 6.11. The standard InChI is InChI=1S/C12H15FN2O3/c1-7(8-2-4-9(13)5-3-8)15-12(18)10(14)6-11(16)17/h2-5,7,10H,6,14H2,1H3,(H,15,18)(H,16,17)/t7-,10?/m1/s1. The number of carboxylic acids is 1. The van der Waals surface area contributed by atoms with Gasteiger partial charge in [-0.3, -0.25) is 9.59 Å². The van der Waals surface area contributed by atoms with Crippen molar-refractivity contribution in [3.05, 3.63) is 35.6 Å². The molecule has 1 unspecified atom stereocenters. The number of hydrogen-bond acceptors (Lipinski definition) is 3. The van der Waals surface area contributed by atoms with E-state index in [1.165, 1.54) is 12.1 Å². The molecular formula is C12H15FN2O3. The Morgan fingerprint density at radius 1 is 1.39 bits per heavy atom. The summed E-state index contributed by atoms with van der Waals surface area (Å²) in [5.74, 6) is -2.04. The van der Waals surface area contributed by atoms with E-state index in [0.717, 1.165) is 0 Å². The smallest absolute Gasteiger partial charge is 0.305 e. The average molecular weight is 254 g/mol. The maximum Gasteiger partial charge on any atom is 0.305 e. The van der Waals surface area contributed by atoms with Crippen LogP contribution in [0, 0.1) is 5.82 Å². The number of carbonyl (C=O) groups is 2. The molecule has 6 heteroatoms. The SMILES string of the molecule is C[C@@H](NC(=O)C(N)CC(=O)O)c1ccc(F)cc1. The van der Waals surface area contributed by atoms with Gasteiger partial charge in [0, 0.05) is 0 Å². The summed E-state index contributed by atoms with van der Waals surface area (Å²) >= 11 is 0. The van der Waals surface area contributed by atoms with Gasteiger partial charge in [0.05, 0.1) is 18.5 Å². The Balaban J connectivity index is 2.59. The van der Waals surface area contributed by atoms with E-state index >= 15 is 0 Å². The summed E-state index contributed by atoms with van der Waals surface area (Å²) in [4.78, 5) is 22.0. The van der Waals surface area contributed by atoms with Crippen molar-refractivity contribution in [2.75, 3.05) is 0 Å². The van der Waals surface area contributed by atoms with Gasteiger partial charge in [-0.25, -0.2) is 4.39 Å². The predicted molar refractivity (Wildman–Crippen MR) is 63.2 cm³/mol. The molecule has 0 radical (unpaired) electrons. The number of halogens is 1. The summed E-state index contributed by atoms with van der Waals surface area (Å²) in [6.45, 7) is 1.71. The van der Waals surface area contributed by atoms with Gasteiger partial charge in [0.25, 0.3) is 0 Å². The van der Waals surface area contributed by atoms with E-state index in [1.807, 2.05) is 0 Å². The lowest BCUT2D eigenvalue weighted by molar-refractivity contribution is -0.139. The number of rotatable bonds is 5. The Labute approximate surface area is 104 Å². The fraction of sp³-hybridized carbons (Fsp3) is 0.333. The highest BCUT2D eigenvalue weighted by molar-refractivity contribution is 5.86. The summed E-state index contributed by atoms with van der Waals surface area (Å²) < 4.78 is 12.7. The Hall–Kier alpha value is -1.95. The molecule has 1 aromatic rings. The summed E-state index contributed by atoms with van der Waals surface area (Å²) in [5, 5.41) is 11.1. The molecule has 0 bridgehead atoms. The van der Waals surface area contributed by atoms with Crippen molar-refractivity contribution in [3.8, 4) is 0 Å². The van der Waals surface area contributed by atoms with Crippen LogP contribution in [0.2, 0.25) is 0 Å². The van der Waals surface area contributed by atoms with Crippen LogP contribution >= 0.6 is 0 Å². The maximum absolute atomic E-state index is 12.7. The highest BCUT2D eigenvalue weighted by atomic mass is 19.1. The lowest BCUT2D eigenvalue weighted by Gasteiger charge is -2.17. The van der Waals surface area contributed by atoms with Crippen LogP contribution in [0.3, 0.4) is 0 Å². The highest BCUT2D eigenvalue weighted by Gasteiger charge is 2.19. The first-order chi connectivity index (χ1) is 8.40. The molecule has 0 saturated heterocycles. The van der Waals surface area contributed by atoms with Crippen LogP contribution in [0.15, 0.2) is 24.3 Å². The minimum absolute atomic E-state index is 0.361. The molecule has 0 aliphatic heterocycles. The van der Waals surface area contributed by atoms with Gasteiger partial charge < -0.3 is 16.2 Å². The quantitative estimate of drug-likeness (QED) is 0.724. The van der Waals surface area contributed by atoms with Crippen molar-refractivity contribution in [1.29, 1.82) is 0 Å². The zero-order chi connectivity index (χ0) is 13.7. The van der Waals surface area contributed by atoms with Crippen LogP contribution in [0.4, 0.5) is 4.39 Å². The zero-order valence-electron chi connectivity index (χ0n) is 9.89. The third kappa shape index (κ3) is 4.14. The molecule has 5 nitrogen and oxygen atoms in total. The molecule has 2 atom stereocenters. The van der Waals surface area contributed by atoms with Crippen LogP contribution in [0.5, 0.6) is 0 Å². The number of nitrogens with one attached hydrogen (secondary N) is 1. The molecule has 0 aliphatic rings. The van der Waals surface area contributed by atoms with Crippen molar-refractivity contribution in [3.63, 3.8) is 0 Å². The second-order valence-corrected chi connectivity index (χ2v) is 3.99. The first-order valence-corrected chi connectivity index (χ1v) is 5.43. The number of carbonyl (C=O) groups excluding carboxylic acids is 1.